The number of rotatable bonds is 0. The molecule has 0 saturated carbocycles. The Morgan fingerprint density at radius 1 is 1.86 bits per heavy atom. The Kier molecular flexibility index (Phi) is 4.17. The van der Waals surface area contributed by atoms with Crippen LogP contribution in [0.15, 0.2) is 0 Å². The van der Waals surface area contributed by atoms with Crippen molar-refractivity contribution in [1.82, 2.24) is 0 Å². The lowest BCUT2D eigenvalue weighted by Crippen LogP contribution is -1.92. The van der Waals surface area contributed by atoms with Gasteiger partial charge in [-0.15, -0.1) is 0 Å². The SMILES string of the molecule is CC(O)C#CCBr. The van der Waals surface area contributed by atoms with Crippen molar-refractivity contribution in [1.29, 1.82) is 0 Å². The van der Waals surface area contributed by atoms with E-state index in [2.05, 4.69) is 27.8 Å². The number of halogens is 1. The minimum absolute atomic E-state index is 0.488. The first-order valence-electron chi connectivity index (χ1n) is 2.00. The van der Waals surface area contributed by atoms with E-state index in [-0.39, 0.29) is 0 Å². The standard InChI is InChI=1S/C5H7BrO/c1-5(7)3-2-4-6/h5,7H,4H2,1H3. The van der Waals surface area contributed by atoms with Crippen molar-refractivity contribution in [3.63, 3.8) is 0 Å². The summed E-state index contributed by atoms with van der Waals surface area (Å²) in [6.07, 6.45) is -0.488. The van der Waals surface area contributed by atoms with Gasteiger partial charge in [0.15, 0.2) is 0 Å². The highest BCUT2D eigenvalue weighted by Gasteiger charge is 1.78. The summed E-state index contributed by atoms with van der Waals surface area (Å²) in [6, 6.07) is 0. The van der Waals surface area contributed by atoms with Gasteiger partial charge in [-0.25, -0.2) is 0 Å². The van der Waals surface area contributed by atoms with Gasteiger partial charge in [0.1, 0.15) is 6.10 Å². The zero-order chi connectivity index (χ0) is 5.70. The van der Waals surface area contributed by atoms with Crippen LogP contribution in [0, 0.1) is 11.8 Å². The number of aliphatic hydroxyl groups is 1. The number of aliphatic hydroxyl groups excluding tert-OH is 1. The lowest BCUT2D eigenvalue weighted by molar-refractivity contribution is 0.253. The molecule has 7 heavy (non-hydrogen) atoms. The van der Waals surface area contributed by atoms with Crippen LogP contribution >= 0.6 is 15.9 Å². The van der Waals surface area contributed by atoms with Gasteiger partial charge in [0.05, 0.1) is 5.33 Å². The van der Waals surface area contributed by atoms with E-state index in [1.165, 1.54) is 0 Å². The first-order valence-corrected chi connectivity index (χ1v) is 3.12. The Bertz CT molecular complexity index is 88.0. The number of hydrogen-bond acceptors (Lipinski definition) is 1. The molecule has 0 aromatic heterocycles. The average Bonchev–Trinajstić information content (AvgIpc) is 1.61. The van der Waals surface area contributed by atoms with Gasteiger partial charge in [0.2, 0.25) is 0 Å². The second kappa shape index (κ2) is 4.17. The highest BCUT2D eigenvalue weighted by Crippen LogP contribution is 1.76. The van der Waals surface area contributed by atoms with E-state index in [1.807, 2.05) is 0 Å². The Morgan fingerprint density at radius 2 is 2.43 bits per heavy atom. The van der Waals surface area contributed by atoms with Crippen molar-refractivity contribution in [3.8, 4) is 11.8 Å². The van der Waals surface area contributed by atoms with E-state index in [1.54, 1.807) is 6.92 Å². The van der Waals surface area contributed by atoms with E-state index in [0.717, 1.165) is 0 Å². The summed E-state index contributed by atoms with van der Waals surface area (Å²) >= 11 is 3.09. The largest absolute Gasteiger partial charge is 0.381 e. The smallest absolute Gasteiger partial charge is 0.112 e. The van der Waals surface area contributed by atoms with E-state index < -0.39 is 6.10 Å². The molecule has 0 amide bonds. The molecule has 0 bridgehead atoms. The van der Waals surface area contributed by atoms with Gasteiger partial charge in [0.25, 0.3) is 0 Å². The predicted octanol–water partition coefficient (Wildman–Crippen LogP) is 0.766. The molecule has 40 valence electrons. The molecule has 0 aromatic carbocycles. The zero-order valence-electron chi connectivity index (χ0n) is 4.11. The second-order valence-electron chi connectivity index (χ2n) is 1.13. The van der Waals surface area contributed by atoms with Gasteiger partial charge in [-0.2, -0.15) is 0 Å². The van der Waals surface area contributed by atoms with E-state index >= 15 is 0 Å². The fraction of sp³-hybridized carbons (Fsp3) is 0.600. The van der Waals surface area contributed by atoms with E-state index in [4.69, 9.17) is 5.11 Å². The Labute approximate surface area is 51.9 Å². The quantitative estimate of drug-likeness (QED) is 0.413. The third-order valence-electron chi connectivity index (χ3n) is 0.378. The van der Waals surface area contributed by atoms with Crippen molar-refractivity contribution in [2.75, 3.05) is 5.33 Å². The monoisotopic (exact) mass is 162 g/mol. The van der Waals surface area contributed by atoms with Crippen LogP contribution in [0.4, 0.5) is 0 Å². The maximum Gasteiger partial charge on any atom is 0.112 e. The molecule has 0 aliphatic heterocycles. The Hall–Kier alpha value is 0. The summed E-state index contributed by atoms with van der Waals surface area (Å²) in [5.74, 6) is 5.22. The fourth-order valence-corrected chi connectivity index (χ4v) is 0.348. The molecule has 0 rings (SSSR count). The summed E-state index contributed by atoms with van der Waals surface area (Å²) in [6.45, 7) is 1.63. The molecular formula is C5H7BrO. The summed E-state index contributed by atoms with van der Waals surface area (Å²) in [4.78, 5) is 0. The number of alkyl halides is 1. The first-order chi connectivity index (χ1) is 3.27. The minimum Gasteiger partial charge on any atom is -0.381 e. The molecule has 0 aliphatic carbocycles. The highest BCUT2D eigenvalue weighted by atomic mass is 79.9. The van der Waals surface area contributed by atoms with Crippen LogP contribution in [0.2, 0.25) is 0 Å². The summed E-state index contributed by atoms with van der Waals surface area (Å²) in [5.41, 5.74) is 0. The molecule has 0 radical (unpaired) electrons. The summed E-state index contributed by atoms with van der Waals surface area (Å²) in [5, 5.41) is 9.13. The van der Waals surface area contributed by atoms with Gasteiger partial charge < -0.3 is 5.11 Å². The van der Waals surface area contributed by atoms with Gasteiger partial charge in [-0.3, -0.25) is 0 Å². The van der Waals surface area contributed by atoms with E-state index in [9.17, 15) is 0 Å². The van der Waals surface area contributed by atoms with Crippen LogP contribution in [-0.2, 0) is 0 Å². The van der Waals surface area contributed by atoms with Crippen LogP contribution in [0.1, 0.15) is 6.92 Å². The lowest BCUT2D eigenvalue weighted by atomic mass is 10.4. The molecule has 1 N–H and O–H groups in total. The van der Waals surface area contributed by atoms with Gasteiger partial charge in [-0.1, -0.05) is 27.8 Å². The molecule has 1 nitrogen and oxygen atoms in total. The molecule has 0 aromatic rings. The molecular weight excluding hydrogens is 156 g/mol. The topological polar surface area (TPSA) is 20.2 Å². The molecule has 0 saturated heterocycles. The summed E-state index contributed by atoms with van der Waals surface area (Å²) < 4.78 is 0. The lowest BCUT2D eigenvalue weighted by Gasteiger charge is -1.83. The fourth-order valence-electron chi connectivity index (χ4n) is 0.186. The van der Waals surface area contributed by atoms with Gasteiger partial charge >= 0.3 is 0 Å². The molecule has 0 fully saturated rings. The van der Waals surface area contributed by atoms with Crippen LogP contribution in [-0.4, -0.2) is 16.5 Å². The molecule has 0 spiro atoms. The molecule has 1 unspecified atom stereocenters. The first kappa shape index (κ1) is 7.00. The van der Waals surface area contributed by atoms with Crippen molar-refractivity contribution in [2.45, 2.75) is 13.0 Å². The molecule has 0 heterocycles. The van der Waals surface area contributed by atoms with Crippen LogP contribution < -0.4 is 0 Å². The average molecular weight is 163 g/mol. The van der Waals surface area contributed by atoms with Crippen LogP contribution in [0.3, 0.4) is 0 Å². The summed E-state index contributed by atoms with van der Waals surface area (Å²) in [7, 11) is 0. The predicted molar refractivity (Wildman–Crippen MR) is 33.3 cm³/mol. The minimum atomic E-state index is -0.488. The zero-order valence-corrected chi connectivity index (χ0v) is 5.70. The van der Waals surface area contributed by atoms with Gasteiger partial charge in [0, 0.05) is 0 Å². The van der Waals surface area contributed by atoms with Crippen LogP contribution in [0.5, 0.6) is 0 Å². The second-order valence-corrected chi connectivity index (χ2v) is 1.69. The molecule has 1 atom stereocenters. The van der Waals surface area contributed by atoms with Crippen molar-refractivity contribution < 1.29 is 5.11 Å². The van der Waals surface area contributed by atoms with Crippen molar-refractivity contribution in [2.24, 2.45) is 0 Å². The van der Waals surface area contributed by atoms with Crippen molar-refractivity contribution in [3.05, 3.63) is 0 Å². The van der Waals surface area contributed by atoms with Crippen molar-refractivity contribution >= 4 is 15.9 Å². The Morgan fingerprint density at radius 3 is 2.57 bits per heavy atom. The van der Waals surface area contributed by atoms with Gasteiger partial charge in [-0.05, 0) is 6.92 Å². The third-order valence-corrected chi connectivity index (χ3v) is 0.658. The highest BCUT2D eigenvalue weighted by molar-refractivity contribution is 9.09. The molecule has 0 aliphatic rings. The van der Waals surface area contributed by atoms with E-state index in [0.29, 0.717) is 5.33 Å². The Balaban J connectivity index is 3.24. The third kappa shape index (κ3) is 6.00. The normalized spacial score (nSPS) is 11.9. The maximum atomic E-state index is 8.49. The molecule has 2 heteroatoms. The van der Waals surface area contributed by atoms with Crippen LogP contribution in [0.25, 0.3) is 0 Å². The maximum absolute atomic E-state index is 8.49. The number of hydrogen-bond donors (Lipinski definition) is 1.